The van der Waals surface area contributed by atoms with E-state index in [0.717, 1.165) is 10.0 Å². The van der Waals surface area contributed by atoms with E-state index in [0.29, 0.717) is 29.5 Å². The molecule has 0 unspecified atom stereocenters. The lowest BCUT2D eigenvalue weighted by molar-refractivity contribution is -0.116. The third-order valence-corrected chi connectivity index (χ3v) is 3.22. The van der Waals surface area contributed by atoms with E-state index in [4.69, 9.17) is 10.3 Å². The number of nitrogens with one attached hydrogen (secondary N) is 1. The second-order valence-corrected chi connectivity index (χ2v) is 5.38. The molecule has 0 saturated heterocycles. The van der Waals surface area contributed by atoms with Gasteiger partial charge in [-0.15, -0.1) is 12.4 Å². The predicted molar refractivity (Wildman–Crippen MR) is 86.5 cm³/mol. The van der Waals surface area contributed by atoms with E-state index in [1.54, 1.807) is 13.0 Å². The van der Waals surface area contributed by atoms with Gasteiger partial charge in [-0.3, -0.25) is 4.79 Å². The van der Waals surface area contributed by atoms with Gasteiger partial charge < -0.3 is 15.6 Å². The molecule has 1 aromatic heterocycles. The second kappa shape index (κ2) is 7.42. The number of rotatable bonds is 4. The first kappa shape index (κ1) is 17.5. The normalized spacial score (nSPS) is 10.0. The number of halogens is 2. The van der Waals surface area contributed by atoms with Crippen molar-refractivity contribution in [3.8, 4) is 0 Å². The van der Waals surface area contributed by atoms with E-state index >= 15 is 0 Å². The molecule has 8 heteroatoms. The van der Waals surface area contributed by atoms with Crippen LogP contribution in [0.2, 0.25) is 0 Å². The fourth-order valence-electron chi connectivity index (χ4n) is 1.73. The van der Waals surface area contributed by atoms with Crippen molar-refractivity contribution in [1.82, 2.24) is 10.1 Å². The van der Waals surface area contributed by atoms with Gasteiger partial charge in [0, 0.05) is 17.3 Å². The van der Waals surface area contributed by atoms with Gasteiger partial charge in [-0.2, -0.15) is 4.98 Å². The van der Waals surface area contributed by atoms with Gasteiger partial charge in [-0.25, -0.2) is 0 Å². The summed E-state index contributed by atoms with van der Waals surface area (Å²) in [5, 5.41) is 6.46. The highest BCUT2D eigenvalue weighted by molar-refractivity contribution is 9.10. The molecule has 0 bridgehead atoms. The van der Waals surface area contributed by atoms with Gasteiger partial charge in [0.1, 0.15) is 0 Å². The summed E-state index contributed by atoms with van der Waals surface area (Å²) in [6, 6.07) is 3.67. The number of nitrogens with two attached hydrogens (primary N) is 1. The maximum atomic E-state index is 11.9. The fraction of sp³-hybridized carbons (Fsp3) is 0.308. The molecule has 1 aromatic carbocycles. The van der Waals surface area contributed by atoms with Gasteiger partial charge in [-0.1, -0.05) is 21.1 Å². The standard InChI is InChI=1S/C13H15BrN4O2.ClH/c1-7-5-9(14)6-10(13(7)15)17-11(19)3-4-12-16-8(2)18-20-12;/h5-6H,3-4,15H2,1-2H3,(H,17,19);1H. The van der Waals surface area contributed by atoms with E-state index < -0.39 is 0 Å². The Kier molecular flexibility index (Phi) is 6.17. The molecule has 2 rings (SSSR count). The quantitative estimate of drug-likeness (QED) is 0.801. The average molecular weight is 376 g/mol. The molecule has 0 aliphatic carbocycles. The van der Waals surface area contributed by atoms with Crippen molar-refractivity contribution in [1.29, 1.82) is 0 Å². The number of carbonyl (C=O) groups excluding carboxylic acids is 1. The Morgan fingerprint density at radius 3 is 2.76 bits per heavy atom. The minimum Gasteiger partial charge on any atom is -0.397 e. The zero-order chi connectivity index (χ0) is 14.7. The Bertz CT molecular complexity index is 645. The smallest absolute Gasteiger partial charge is 0.227 e. The first-order chi connectivity index (χ1) is 9.45. The predicted octanol–water partition coefficient (Wildman–Crippen LogP) is 3.02. The monoisotopic (exact) mass is 374 g/mol. The number of carbonyl (C=O) groups is 1. The topological polar surface area (TPSA) is 94.0 Å². The molecule has 1 amide bonds. The SMILES string of the molecule is Cc1noc(CCC(=O)Nc2cc(Br)cc(C)c2N)n1.Cl. The van der Waals surface area contributed by atoms with Crippen LogP contribution in [0.25, 0.3) is 0 Å². The van der Waals surface area contributed by atoms with Crippen molar-refractivity contribution in [3.63, 3.8) is 0 Å². The fourth-order valence-corrected chi connectivity index (χ4v) is 2.30. The minimum atomic E-state index is -0.148. The van der Waals surface area contributed by atoms with Gasteiger partial charge in [0.25, 0.3) is 0 Å². The molecule has 21 heavy (non-hydrogen) atoms. The van der Waals surface area contributed by atoms with Crippen LogP contribution in [-0.4, -0.2) is 16.0 Å². The summed E-state index contributed by atoms with van der Waals surface area (Å²) in [5.41, 5.74) is 8.00. The van der Waals surface area contributed by atoms with Gasteiger partial charge in [-0.05, 0) is 31.5 Å². The number of hydrogen-bond acceptors (Lipinski definition) is 5. The van der Waals surface area contributed by atoms with E-state index in [1.807, 2.05) is 13.0 Å². The Morgan fingerprint density at radius 1 is 1.43 bits per heavy atom. The lowest BCUT2D eigenvalue weighted by atomic mass is 10.1. The number of amides is 1. The molecular weight excluding hydrogens is 360 g/mol. The molecule has 1 heterocycles. The van der Waals surface area contributed by atoms with Crippen molar-refractivity contribution >= 4 is 45.6 Å². The third-order valence-electron chi connectivity index (χ3n) is 2.76. The van der Waals surface area contributed by atoms with Crippen LogP contribution >= 0.6 is 28.3 Å². The Morgan fingerprint density at radius 2 is 2.14 bits per heavy atom. The zero-order valence-electron chi connectivity index (χ0n) is 11.6. The number of benzene rings is 1. The minimum absolute atomic E-state index is 0. The van der Waals surface area contributed by atoms with Gasteiger partial charge >= 0.3 is 0 Å². The summed E-state index contributed by atoms with van der Waals surface area (Å²) < 4.78 is 5.82. The van der Waals surface area contributed by atoms with Gasteiger partial charge in [0.2, 0.25) is 11.8 Å². The van der Waals surface area contributed by atoms with Crippen LogP contribution in [0.1, 0.15) is 23.7 Å². The van der Waals surface area contributed by atoms with Gasteiger partial charge in [0.05, 0.1) is 11.4 Å². The number of aromatic nitrogens is 2. The van der Waals surface area contributed by atoms with Crippen LogP contribution in [0, 0.1) is 13.8 Å². The Labute approximate surface area is 137 Å². The molecule has 0 aliphatic rings. The summed E-state index contributed by atoms with van der Waals surface area (Å²) in [6.07, 6.45) is 0.659. The molecule has 0 radical (unpaired) electrons. The summed E-state index contributed by atoms with van der Waals surface area (Å²) in [6.45, 7) is 3.62. The summed E-state index contributed by atoms with van der Waals surface area (Å²) in [7, 11) is 0. The third kappa shape index (κ3) is 4.71. The van der Waals surface area contributed by atoms with Gasteiger partial charge in [0.15, 0.2) is 5.82 Å². The number of anilines is 2. The van der Waals surface area contributed by atoms with E-state index in [-0.39, 0.29) is 24.7 Å². The van der Waals surface area contributed by atoms with Crippen LogP contribution < -0.4 is 11.1 Å². The highest BCUT2D eigenvalue weighted by Crippen LogP contribution is 2.27. The lowest BCUT2D eigenvalue weighted by Crippen LogP contribution is -2.14. The zero-order valence-corrected chi connectivity index (χ0v) is 14.0. The van der Waals surface area contributed by atoms with E-state index in [1.165, 1.54) is 0 Å². The molecule has 0 saturated carbocycles. The molecule has 2 aromatic rings. The van der Waals surface area contributed by atoms with Crippen LogP contribution in [0.5, 0.6) is 0 Å². The lowest BCUT2D eigenvalue weighted by Gasteiger charge is -2.10. The average Bonchev–Trinajstić information content (AvgIpc) is 2.79. The van der Waals surface area contributed by atoms with E-state index in [9.17, 15) is 4.79 Å². The van der Waals surface area contributed by atoms with Crippen molar-refractivity contribution in [2.24, 2.45) is 0 Å². The molecule has 0 atom stereocenters. The van der Waals surface area contributed by atoms with Crippen LogP contribution in [0.15, 0.2) is 21.1 Å². The molecule has 0 aliphatic heterocycles. The van der Waals surface area contributed by atoms with Crippen molar-refractivity contribution in [2.45, 2.75) is 26.7 Å². The summed E-state index contributed by atoms with van der Waals surface area (Å²) >= 11 is 3.38. The number of nitrogen functional groups attached to an aromatic ring is 1. The first-order valence-corrected chi connectivity index (χ1v) is 6.89. The van der Waals surface area contributed by atoms with Crippen molar-refractivity contribution in [3.05, 3.63) is 33.9 Å². The van der Waals surface area contributed by atoms with E-state index in [2.05, 4.69) is 31.4 Å². The Balaban J connectivity index is 0.00000220. The molecular formula is C13H16BrClN4O2. The molecule has 6 nitrogen and oxygen atoms in total. The highest BCUT2D eigenvalue weighted by atomic mass is 79.9. The number of hydrogen-bond donors (Lipinski definition) is 2. The summed E-state index contributed by atoms with van der Waals surface area (Å²) in [5.74, 6) is 0.869. The van der Waals surface area contributed by atoms with Crippen LogP contribution in [0.4, 0.5) is 11.4 Å². The van der Waals surface area contributed by atoms with Crippen LogP contribution in [0.3, 0.4) is 0 Å². The second-order valence-electron chi connectivity index (χ2n) is 4.47. The molecule has 3 N–H and O–H groups in total. The highest BCUT2D eigenvalue weighted by Gasteiger charge is 2.10. The maximum absolute atomic E-state index is 11.9. The molecule has 0 spiro atoms. The molecule has 0 fully saturated rings. The molecule has 114 valence electrons. The number of aryl methyl sites for hydroxylation is 3. The Hall–Kier alpha value is -1.60. The summed E-state index contributed by atoms with van der Waals surface area (Å²) in [4.78, 5) is 15.9. The maximum Gasteiger partial charge on any atom is 0.227 e. The van der Waals surface area contributed by atoms with Crippen molar-refractivity contribution < 1.29 is 9.32 Å². The largest absolute Gasteiger partial charge is 0.397 e. The number of nitrogens with zero attached hydrogens (tertiary/aromatic N) is 2. The first-order valence-electron chi connectivity index (χ1n) is 6.10. The van der Waals surface area contributed by atoms with Crippen molar-refractivity contribution in [2.75, 3.05) is 11.1 Å². The van der Waals surface area contributed by atoms with Crippen LogP contribution in [-0.2, 0) is 11.2 Å².